The quantitative estimate of drug-likeness (QED) is 0.494. The number of hydrogen-bond donors (Lipinski definition) is 2. The summed E-state index contributed by atoms with van der Waals surface area (Å²) in [5.74, 6) is -0.589. The predicted molar refractivity (Wildman–Crippen MR) is 114 cm³/mol. The fraction of sp³-hybridized carbons (Fsp3) is 0.348. The van der Waals surface area contributed by atoms with Gasteiger partial charge in [0.05, 0.1) is 13.2 Å². The fourth-order valence-corrected chi connectivity index (χ4v) is 3.60. The number of nitrogens with zero attached hydrogens (tertiary/aromatic N) is 1. The lowest BCUT2D eigenvalue weighted by atomic mass is 10.1. The molecule has 2 aliphatic rings. The molecule has 2 aliphatic heterocycles. The van der Waals surface area contributed by atoms with Gasteiger partial charge < -0.3 is 29.7 Å². The molecule has 2 aromatic carbocycles. The van der Waals surface area contributed by atoms with Gasteiger partial charge >= 0.3 is 11.8 Å². The number of carbonyl (C=O) groups is 3. The molecule has 0 radical (unpaired) electrons. The van der Waals surface area contributed by atoms with Crippen LogP contribution < -0.4 is 20.1 Å². The molecule has 2 N–H and O–H groups in total. The number of ether oxygens (including phenoxy) is 3. The minimum Gasteiger partial charge on any atom is -0.454 e. The lowest BCUT2D eigenvalue weighted by Crippen LogP contribution is -2.47. The Labute approximate surface area is 185 Å². The van der Waals surface area contributed by atoms with E-state index in [4.69, 9.17) is 14.2 Å². The number of rotatable bonds is 7. The van der Waals surface area contributed by atoms with Crippen molar-refractivity contribution in [2.45, 2.75) is 19.1 Å². The Hall–Kier alpha value is -3.59. The Morgan fingerprint density at radius 2 is 1.75 bits per heavy atom. The molecule has 0 saturated carbocycles. The Morgan fingerprint density at radius 3 is 2.59 bits per heavy atom. The summed E-state index contributed by atoms with van der Waals surface area (Å²) >= 11 is 0. The van der Waals surface area contributed by atoms with Crippen LogP contribution in [0.4, 0.5) is 0 Å². The highest BCUT2D eigenvalue weighted by molar-refractivity contribution is 6.35. The molecule has 2 heterocycles. The van der Waals surface area contributed by atoms with Crippen LogP contribution in [0.15, 0.2) is 48.5 Å². The molecule has 2 aromatic rings. The van der Waals surface area contributed by atoms with Gasteiger partial charge in [0, 0.05) is 18.7 Å². The van der Waals surface area contributed by atoms with Crippen molar-refractivity contribution < 1.29 is 28.6 Å². The predicted octanol–water partition coefficient (Wildman–Crippen LogP) is 1.08. The van der Waals surface area contributed by atoms with Crippen LogP contribution in [0.2, 0.25) is 0 Å². The van der Waals surface area contributed by atoms with Crippen LogP contribution in [0.1, 0.15) is 22.3 Å². The third-order valence-electron chi connectivity index (χ3n) is 5.28. The first-order valence-corrected chi connectivity index (χ1v) is 10.5. The summed E-state index contributed by atoms with van der Waals surface area (Å²) in [7, 11) is 0. The normalized spacial score (nSPS) is 16.6. The van der Waals surface area contributed by atoms with Gasteiger partial charge in [0.15, 0.2) is 11.5 Å². The van der Waals surface area contributed by atoms with Gasteiger partial charge in [0.2, 0.25) is 6.79 Å². The molecule has 0 aromatic heterocycles. The number of hydrogen-bond acceptors (Lipinski definition) is 6. The van der Waals surface area contributed by atoms with Crippen molar-refractivity contribution in [3.63, 3.8) is 0 Å². The van der Waals surface area contributed by atoms with Crippen LogP contribution in [0.3, 0.4) is 0 Å². The van der Waals surface area contributed by atoms with Gasteiger partial charge in [-0.05, 0) is 36.6 Å². The summed E-state index contributed by atoms with van der Waals surface area (Å²) in [6, 6.07) is 14.9. The SMILES string of the molecule is O=C(NCCCc1ccccc1)C(=O)NC[C@@H]1OCCN1C(=O)c1ccc2c(c1)OCO2. The zero-order valence-corrected chi connectivity index (χ0v) is 17.5. The first-order chi connectivity index (χ1) is 15.6. The molecule has 4 rings (SSSR count). The summed E-state index contributed by atoms with van der Waals surface area (Å²) in [4.78, 5) is 38.6. The molecule has 9 nitrogen and oxygen atoms in total. The van der Waals surface area contributed by atoms with E-state index in [1.54, 1.807) is 18.2 Å². The summed E-state index contributed by atoms with van der Waals surface area (Å²) in [6.07, 6.45) is 0.894. The number of amides is 3. The van der Waals surface area contributed by atoms with E-state index in [0.29, 0.717) is 36.8 Å². The molecule has 9 heteroatoms. The van der Waals surface area contributed by atoms with Gasteiger partial charge in [-0.3, -0.25) is 14.4 Å². The van der Waals surface area contributed by atoms with E-state index < -0.39 is 18.0 Å². The van der Waals surface area contributed by atoms with Crippen molar-refractivity contribution in [1.29, 1.82) is 0 Å². The summed E-state index contributed by atoms with van der Waals surface area (Å²) in [5.41, 5.74) is 1.61. The van der Waals surface area contributed by atoms with Crippen LogP contribution in [-0.2, 0) is 20.7 Å². The van der Waals surface area contributed by atoms with Crippen molar-refractivity contribution in [3.8, 4) is 11.5 Å². The van der Waals surface area contributed by atoms with E-state index in [1.165, 1.54) is 10.5 Å². The molecule has 168 valence electrons. The van der Waals surface area contributed by atoms with Crippen molar-refractivity contribution in [3.05, 3.63) is 59.7 Å². The molecule has 0 spiro atoms. The molecule has 3 amide bonds. The third-order valence-corrected chi connectivity index (χ3v) is 5.28. The van der Waals surface area contributed by atoms with Crippen molar-refractivity contribution >= 4 is 17.7 Å². The Morgan fingerprint density at radius 1 is 0.969 bits per heavy atom. The second-order valence-corrected chi connectivity index (χ2v) is 7.45. The monoisotopic (exact) mass is 439 g/mol. The van der Waals surface area contributed by atoms with Gasteiger partial charge in [-0.1, -0.05) is 30.3 Å². The average Bonchev–Trinajstić information content (AvgIpc) is 3.49. The van der Waals surface area contributed by atoms with E-state index in [2.05, 4.69) is 10.6 Å². The summed E-state index contributed by atoms with van der Waals surface area (Å²) in [6.45, 7) is 1.28. The number of benzene rings is 2. The molecule has 0 bridgehead atoms. The van der Waals surface area contributed by atoms with E-state index in [-0.39, 0.29) is 19.2 Å². The van der Waals surface area contributed by atoms with E-state index >= 15 is 0 Å². The second-order valence-electron chi connectivity index (χ2n) is 7.45. The smallest absolute Gasteiger partial charge is 0.309 e. The van der Waals surface area contributed by atoms with Gasteiger partial charge in [-0.15, -0.1) is 0 Å². The average molecular weight is 439 g/mol. The number of carbonyl (C=O) groups excluding carboxylic acids is 3. The molecule has 1 fully saturated rings. The molecule has 32 heavy (non-hydrogen) atoms. The van der Waals surface area contributed by atoms with E-state index in [0.717, 1.165) is 12.8 Å². The minimum atomic E-state index is -0.754. The van der Waals surface area contributed by atoms with E-state index in [1.807, 2.05) is 30.3 Å². The topological polar surface area (TPSA) is 106 Å². The highest BCUT2D eigenvalue weighted by Crippen LogP contribution is 2.33. The third kappa shape index (κ3) is 5.17. The second kappa shape index (κ2) is 10.1. The Bertz CT molecular complexity index is 981. The maximum absolute atomic E-state index is 12.9. The van der Waals surface area contributed by atoms with Crippen LogP contribution in [-0.4, -0.2) is 61.9 Å². The standard InChI is InChI=1S/C23H25N3O6/c27-21(24-10-4-7-16-5-2-1-3-6-16)22(28)25-14-20-26(11-12-30-20)23(29)17-8-9-18-19(13-17)32-15-31-18/h1-3,5-6,8-9,13,20H,4,7,10-12,14-15H2,(H,24,27)(H,25,28)/t20-/m0/s1. The highest BCUT2D eigenvalue weighted by Gasteiger charge is 2.32. The van der Waals surface area contributed by atoms with Crippen LogP contribution in [0.25, 0.3) is 0 Å². The molecule has 1 saturated heterocycles. The maximum atomic E-state index is 12.9. The number of aryl methyl sites for hydroxylation is 1. The zero-order valence-electron chi connectivity index (χ0n) is 17.5. The van der Waals surface area contributed by atoms with Crippen LogP contribution in [0, 0.1) is 0 Å². The molecule has 1 atom stereocenters. The van der Waals surface area contributed by atoms with E-state index in [9.17, 15) is 14.4 Å². The van der Waals surface area contributed by atoms with Crippen molar-refractivity contribution in [2.24, 2.45) is 0 Å². The largest absolute Gasteiger partial charge is 0.454 e. The first-order valence-electron chi connectivity index (χ1n) is 10.5. The number of fused-ring (bicyclic) bond motifs is 1. The van der Waals surface area contributed by atoms with Crippen LogP contribution in [0.5, 0.6) is 11.5 Å². The maximum Gasteiger partial charge on any atom is 0.309 e. The summed E-state index contributed by atoms with van der Waals surface area (Å²) in [5, 5.41) is 5.16. The minimum absolute atomic E-state index is 0.0204. The fourth-order valence-electron chi connectivity index (χ4n) is 3.60. The van der Waals surface area contributed by atoms with Crippen molar-refractivity contribution in [1.82, 2.24) is 15.5 Å². The molecule has 0 aliphatic carbocycles. The zero-order chi connectivity index (χ0) is 22.3. The van der Waals surface area contributed by atoms with Gasteiger partial charge in [0.25, 0.3) is 5.91 Å². The molecular weight excluding hydrogens is 414 g/mol. The summed E-state index contributed by atoms with van der Waals surface area (Å²) < 4.78 is 16.2. The van der Waals surface area contributed by atoms with Gasteiger partial charge in [-0.25, -0.2) is 0 Å². The lowest BCUT2D eigenvalue weighted by Gasteiger charge is -2.23. The molecule has 0 unspecified atom stereocenters. The highest BCUT2D eigenvalue weighted by atomic mass is 16.7. The Balaban J connectivity index is 1.22. The Kier molecular flexibility index (Phi) is 6.86. The molecular formula is C23H25N3O6. The lowest BCUT2D eigenvalue weighted by molar-refractivity contribution is -0.139. The first kappa shape index (κ1) is 21.6. The van der Waals surface area contributed by atoms with Gasteiger partial charge in [0.1, 0.15) is 6.23 Å². The number of nitrogens with one attached hydrogen (secondary N) is 2. The van der Waals surface area contributed by atoms with Crippen molar-refractivity contribution in [2.75, 3.05) is 33.0 Å². The van der Waals surface area contributed by atoms with Crippen LogP contribution >= 0.6 is 0 Å². The van der Waals surface area contributed by atoms with Gasteiger partial charge in [-0.2, -0.15) is 0 Å².